The molecule has 0 radical (unpaired) electrons. The van der Waals surface area contributed by atoms with Crippen LogP contribution in [0.3, 0.4) is 0 Å². The van der Waals surface area contributed by atoms with Gasteiger partial charge in [-0.15, -0.1) is 0 Å². The molecule has 0 saturated heterocycles. The maximum absolute atomic E-state index is 10.1. The number of aliphatic hydroxyl groups is 1. The summed E-state index contributed by atoms with van der Waals surface area (Å²) in [5, 5.41) is 10.1. The number of hydrogen-bond donors (Lipinski definition) is 1. The molecule has 0 heterocycles. The van der Waals surface area contributed by atoms with Crippen molar-refractivity contribution < 1.29 is 5.11 Å². The van der Waals surface area contributed by atoms with E-state index in [2.05, 4.69) is 27.7 Å². The Bertz CT molecular complexity index is 348. The minimum Gasteiger partial charge on any atom is -0.393 e. The fourth-order valence-corrected chi connectivity index (χ4v) is 6.06. The average molecular weight is 250 g/mol. The number of hydrogen-bond acceptors (Lipinski definition) is 1. The molecule has 3 rings (SSSR count). The third-order valence-electron chi connectivity index (χ3n) is 7.62. The molecule has 104 valence electrons. The molecule has 0 aromatic heterocycles. The molecule has 0 spiro atoms. The molecule has 0 aromatic carbocycles. The minimum atomic E-state index is -0.0328. The van der Waals surface area contributed by atoms with Gasteiger partial charge in [0, 0.05) is 0 Å². The van der Waals surface area contributed by atoms with E-state index in [1.807, 2.05) is 0 Å². The van der Waals surface area contributed by atoms with Crippen LogP contribution in [0.4, 0.5) is 0 Å². The molecule has 0 aliphatic heterocycles. The molecule has 5 atom stereocenters. The van der Waals surface area contributed by atoms with E-state index in [-0.39, 0.29) is 6.10 Å². The highest BCUT2D eigenvalue weighted by Crippen LogP contribution is 2.72. The summed E-state index contributed by atoms with van der Waals surface area (Å²) in [6.07, 6.45) is 8.91. The molecule has 1 nitrogen and oxygen atoms in total. The smallest absolute Gasteiger partial charge is 0.0545 e. The van der Waals surface area contributed by atoms with Gasteiger partial charge in [0.2, 0.25) is 0 Å². The fourth-order valence-electron chi connectivity index (χ4n) is 6.06. The van der Waals surface area contributed by atoms with E-state index < -0.39 is 0 Å². The summed E-state index contributed by atoms with van der Waals surface area (Å²) in [4.78, 5) is 0. The normalized spacial score (nSPS) is 54.8. The zero-order valence-corrected chi connectivity index (χ0v) is 12.6. The second-order valence-corrected chi connectivity index (χ2v) is 8.57. The second kappa shape index (κ2) is 3.75. The average Bonchev–Trinajstić information content (AvgIpc) is 2.60. The first kappa shape index (κ1) is 13.0. The van der Waals surface area contributed by atoms with Crippen molar-refractivity contribution in [1.82, 2.24) is 0 Å². The summed E-state index contributed by atoms with van der Waals surface area (Å²) >= 11 is 0. The van der Waals surface area contributed by atoms with Crippen LogP contribution in [0.2, 0.25) is 0 Å². The number of rotatable bonds is 1. The van der Waals surface area contributed by atoms with Crippen LogP contribution in [-0.2, 0) is 0 Å². The first-order chi connectivity index (χ1) is 8.30. The van der Waals surface area contributed by atoms with Crippen molar-refractivity contribution in [2.24, 2.45) is 28.1 Å². The van der Waals surface area contributed by atoms with E-state index in [0.717, 1.165) is 24.7 Å². The molecule has 3 aliphatic carbocycles. The third kappa shape index (κ3) is 1.49. The zero-order valence-electron chi connectivity index (χ0n) is 12.6. The van der Waals surface area contributed by atoms with Crippen LogP contribution in [0.1, 0.15) is 72.6 Å². The van der Waals surface area contributed by atoms with Crippen LogP contribution in [0.25, 0.3) is 0 Å². The summed E-state index contributed by atoms with van der Waals surface area (Å²) in [5.74, 6) is 1.78. The first-order valence-electron chi connectivity index (χ1n) is 7.98. The fraction of sp³-hybridized carbons (Fsp3) is 1.00. The molecule has 3 fully saturated rings. The molecule has 1 N–H and O–H groups in total. The van der Waals surface area contributed by atoms with Gasteiger partial charge in [-0.3, -0.25) is 0 Å². The van der Waals surface area contributed by atoms with E-state index >= 15 is 0 Å². The van der Waals surface area contributed by atoms with Gasteiger partial charge in [-0.1, -0.05) is 34.1 Å². The molecule has 0 aromatic rings. The predicted octanol–water partition coefficient (Wildman–Crippen LogP) is 4.39. The lowest BCUT2D eigenvalue weighted by molar-refractivity contribution is -0.0414. The van der Waals surface area contributed by atoms with Crippen LogP contribution in [0.5, 0.6) is 0 Å². The van der Waals surface area contributed by atoms with Crippen molar-refractivity contribution in [3.63, 3.8) is 0 Å². The Labute approximate surface area is 112 Å². The van der Waals surface area contributed by atoms with E-state index in [1.165, 1.54) is 32.1 Å². The van der Waals surface area contributed by atoms with Gasteiger partial charge < -0.3 is 5.11 Å². The second-order valence-electron chi connectivity index (χ2n) is 8.57. The zero-order chi connectivity index (χ0) is 13.2. The minimum absolute atomic E-state index is 0.0328. The predicted molar refractivity (Wildman–Crippen MR) is 75.3 cm³/mol. The van der Waals surface area contributed by atoms with Gasteiger partial charge >= 0.3 is 0 Å². The summed E-state index contributed by atoms with van der Waals surface area (Å²) in [6.45, 7) is 10.0. The quantitative estimate of drug-likeness (QED) is 0.732. The van der Waals surface area contributed by atoms with Gasteiger partial charge in [-0.25, -0.2) is 0 Å². The van der Waals surface area contributed by atoms with Crippen LogP contribution < -0.4 is 0 Å². The molecule has 2 bridgehead atoms. The maximum atomic E-state index is 10.1. The molecule has 0 amide bonds. The summed E-state index contributed by atoms with van der Waals surface area (Å²) in [7, 11) is 0. The van der Waals surface area contributed by atoms with Crippen molar-refractivity contribution in [2.75, 3.05) is 0 Å². The van der Waals surface area contributed by atoms with Gasteiger partial charge in [-0.2, -0.15) is 0 Å². The third-order valence-corrected chi connectivity index (χ3v) is 7.62. The Kier molecular flexibility index (Phi) is 2.70. The van der Waals surface area contributed by atoms with E-state index in [4.69, 9.17) is 0 Å². The van der Waals surface area contributed by atoms with Gasteiger partial charge in [0.1, 0.15) is 0 Å². The summed E-state index contributed by atoms with van der Waals surface area (Å²) in [5.41, 5.74) is 1.44. The van der Waals surface area contributed by atoms with Crippen molar-refractivity contribution in [1.29, 1.82) is 0 Å². The monoisotopic (exact) mass is 250 g/mol. The number of aliphatic hydroxyl groups excluding tert-OH is 1. The van der Waals surface area contributed by atoms with Crippen LogP contribution in [-0.4, -0.2) is 11.2 Å². The van der Waals surface area contributed by atoms with E-state index in [9.17, 15) is 5.11 Å². The molecule has 1 heteroatoms. The number of fused-ring (bicyclic) bond motifs is 2. The standard InChI is InChI=1S/C17H30O/c1-15(2)12-7-9-17(15,4)14(10-12)16(3)8-5-6-13(18)11-16/h12-14,18H,5-11H2,1-4H3/t12-,13?,14+,16?,17+/m1/s1. The van der Waals surface area contributed by atoms with E-state index in [1.54, 1.807) is 0 Å². The SMILES string of the molecule is CC1([C@@H]2C[C@H]3CC[C@]2(C)C3(C)C)CCCC(O)C1. The van der Waals surface area contributed by atoms with E-state index in [0.29, 0.717) is 16.2 Å². The van der Waals surface area contributed by atoms with Crippen molar-refractivity contribution in [2.45, 2.75) is 78.7 Å². The molecule has 2 unspecified atom stereocenters. The first-order valence-corrected chi connectivity index (χ1v) is 7.98. The lowest BCUT2D eigenvalue weighted by Gasteiger charge is -2.50. The molecule has 18 heavy (non-hydrogen) atoms. The highest BCUT2D eigenvalue weighted by molar-refractivity contribution is 5.13. The topological polar surface area (TPSA) is 20.2 Å². The van der Waals surface area contributed by atoms with Crippen molar-refractivity contribution in [3.8, 4) is 0 Å². The largest absolute Gasteiger partial charge is 0.393 e. The van der Waals surface area contributed by atoms with Crippen molar-refractivity contribution in [3.05, 3.63) is 0 Å². The van der Waals surface area contributed by atoms with Crippen molar-refractivity contribution >= 4 is 0 Å². The van der Waals surface area contributed by atoms with Crippen LogP contribution >= 0.6 is 0 Å². The Morgan fingerprint density at radius 2 is 1.72 bits per heavy atom. The Balaban J connectivity index is 1.90. The maximum Gasteiger partial charge on any atom is 0.0545 e. The Morgan fingerprint density at radius 1 is 1.00 bits per heavy atom. The molecular formula is C17H30O. The lowest BCUT2D eigenvalue weighted by Crippen LogP contribution is -2.44. The van der Waals surface area contributed by atoms with Gasteiger partial charge in [0.05, 0.1) is 6.10 Å². The molecular weight excluding hydrogens is 220 g/mol. The van der Waals surface area contributed by atoms with Gasteiger partial charge in [-0.05, 0) is 66.6 Å². The Morgan fingerprint density at radius 3 is 2.22 bits per heavy atom. The summed E-state index contributed by atoms with van der Waals surface area (Å²) in [6, 6.07) is 0. The lowest BCUT2D eigenvalue weighted by atomic mass is 9.55. The van der Waals surface area contributed by atoms with Crippen LogP contribution in [0, 0.1) is 28.1 Å². The summed E-state index contributed by atoms with van der Waals surface area (Å²) < 4.78 is 0. The highest BCUT2D eigenvalue weighted by atomic mass is 16.3. The highest BCUT2D eigenvalue weighted by Gasteiger charge is 2.64. The van der Waals surface area contributed by atoms with Gasteiger partial charge in [0.15, 0.2) is 0 Å². The van der Waals surface area contributed by atoms with Gasteiger partial charge in [0.25, 0.3) is 0 Å². The molecule has 3 aliphatic rings. The Hall–Kier alpha value is -0.0400. The van der Waals surface area contributed by atoms with Crippen LogP contribution in [0.15, 0.2) is 0 Å². The molecule has 3 saturated carbocycles.